The molecule has 0 radical (unpaired) electrons. The van der Waals surface area contributed by atoms with E-state index in [9.17, 15) is 9.59 Å². The summed E-state index contributed by atoms with van der Waals surface area (Å²) in [6, 6.07) is 7.52. The number of hydrogen-bond donors (Lipinski definition) is 2. The van der Waals surface area contributed by atoms with E-state index in [1.807, 2.05) is 31.2 Å². The largest absolute Gasteiger partial charge is 0.341 e. The number of urea groups is 2. The van der Waals surface area contributed by atoms with E-state index in [0.29, 0.717) is 26.2 Å². The van der Waals surface area contributed by atoms with Crippen molar-refractivity contribution >= 4 is 17.7 Å². The van der Waals surface area contributed by atoms with Crippen molar-refractivity contribution in [1.29, 1.82) is 0 Å². The summed E-state index contributed by atoms with van der Waals surface area (Å²) in [4.78, 5) is 27.4. The number of carbonyl (C=O) groups is 2. The van der Waals surface area contributed by atoms with Gasteiger partial charge in [-0.3, -0.25) is 0 Å². The summed E-state index contributed by atoms with van der Waals surface area (Å²) in [5.41, 5.74) is 1.90. The highest BCUT2D eigenvalue weighted by atomic mass is 16.2. The van der Waals surface area contributed by atoms with E-state index < -0.39 is 0 Å². The molecule has 1 aliphatic heterocycles. The summed E-state index contributed by atoms with van der Waals surface area (Å²) in [5, 5.41) is 5.53. The Morgan fingerprint density at radius 3 is 2.33 bits per heavy atom. The third-order valence-electron chi connectivity index (χ3n) is 3.55. The third-order valence-corrected chi connectivity index (χ3v) is 3.55. The Kier molecular flexibility index (Phi) is 5.03. The van der Waals surface area contributed by atoms with E-state index in [0.717, 1.165) is 17.7 Å². The number of aryl methyl sites for hydroxylation is 1. The van der Waals surface area contributed by atoms with Crippen molar-refractivity contribution in [2.75, 3.05) is 38.5 Å². The van der Waals surface area contributed by atoms with Crippen LogP contribution in [0.2, 0.25) is 0 Å². The van der Waals surface area contributed by atoms with Crippen molar-refractivity contribution in [3.63, 3.8) is 0 Å². The minimum atomic E-state index is -0.112. The lowest BCUT2D eigenvalue weighted by molar-refractivity contribution is 0.198. The molecule has 1 aliphatic rings. The van der Waals surface area contributed by atoms with Crippen LogP contribution in [0.5, 0.6) is 0 Å². The fraction of sp³-hybridized carbons (Fsp3) is 0.467. The van der Waals surface area contributed by atoms with E-state index >= 15 is 0 Å². The maximum atomic E-state index is 12.3. The van der Waals surface area contributed by atoms with Crippen molar-refractivity contribution in [3.05, 3.63) is 29.8 Å². The van der Waals surface area contributed by atoms with E-state index in [1.165, 1.54) is 0 Å². The average molecular weight is 290 g/mol. The molecule has 1 aromatic carbocycles. The Hall–Kier alpha value is -2.24. The third kappa shape index (κ3) is 4.11. The summed E-state index contributed by atoms with van der Waals surface area (Å²) in [6.45, 7) is 4.42. The van der Waals surface area contributed by atoms with Gasteiger partial charge in [0.1, 0.15) is 0 Å². The number of nitrogens with zero attached hydrogens (tertiary/aromatic N) is 2. The normalized spacial score (nSPS) is 15.3. The van der Waals surface area contributed by atoms with Gasteiger partial charge in [0.25, 0.3) is 0 Å². The van der Waals surface area contributed by atoms with Crippen molar-refractivity contribution in [2.45, 2.75) is 13.3 Å². The number of benzene rings is 1. The molecule has 0 aliphatic carbocycles. The topological polar surface area (TPSA) is 64.7 Å². The highest BCUT2D eigenvalue weighted by molar-refractivity contribution is 5.89. The molecule has 0 bridgehead atoms. The first-order chi connectivity index (χ1) is 10.1. The summed E-state index contributed by atoms with van der Waals surface area (Å²) >= 11 is 0. The SMILES string of the molecule is CNC(=O)N1CCCN(C(=O)Nc2cccc(C)c2)CC1. The predicted octanol–water partition coefficient (Wildman–Crippen LogP) is 1.87. The summed E-state index contributed by atoms with van der Waals surface area (Å²) in [7, 11) is 1.62. The van der Waals surface area contributed by atoms with Gasteiger partial charge in [-0.1, -0.05) is 12.1 Å². The van der Waals surface area contributed by atoms with Crippen molar-refractivity contribution in [3.8, 4) is 0 Å². The van der Waals surface area contributed by atoms with Crippen LogP contribution in [0.3, 0.4) is 0 Å². The van der Waals surface area contributed by atoms with E-state index in [4.69, 9.17) is 0 Å². The Balaban J connectivity index is 1.92. The summed E-state index contributed by atoms with van der Waals surface area (Å²) < 4.78 is 0. The van der Waals surface area contributed by atoms with Gasteiger partial charge in [-0.2, -0.15) is 0 Å². The van der Waals surface area contributed by atoms with Gasteiger partial charge in [-0.05, 0) is 31.0 Å². The smallest absolute Gasteiger partial charge is 0.321 e. The fourth-order valence-electron chi connectivity index (χ4n) is 2.41. The molecule has 0 spiro atoms. The van der Waals surface area contributed by atoms with Crippen LogP contribution in [0, 0.1) is 6.92 Å². The van der Waals surface area contributed by atoms with Gasteiger partial charge < -0.3 is 20.4 Å². The molecular weight excluding hydrogens is 268 g/mol. The number of anilines is 1. The summed E-state index contributed by atoms with van der Waals surface area (Å²) in [5.74, 6) is 0. The molecule has 2 N–H and O–H groups in total. The van der Waals surface area contributed by atoms with E-state index in [-0.39, 0.29) is 12.1 Å². The fourth-order valence-corrected chi connectivity index (χ4v) is 2.41. The first-order valence-corrected chi connectivity index (χ1v) is 7.19. The van der Waals surface area contributed by atoms with Gasteiger partial charge in [-0.15, -0.1) is 0 Å². The Labute approximate surface area is 125 Å². The Morgan fingerprint density at radius 2 is 1.71 bits per heavy atom. The molecule has 21 heavy (non-hydrogen) atoms. The number of nitrogens with one attached hydrogen (secondary N) is 2. The lowest BCUT2D eigenvalue weighted by Gasteiger charge is -2.22. The highest BCUT2D eigenvalue weighted by Crippen LogP contribution is 2.11. The van der Waals surface area contributed by atoms with Crippen LogP contribution in [0.1, 0.15) is 12.0 Å². The second kappa shape index (κ2) is 6.97. The molecule has 0 saturated carbocycles. The van der Waals surface area contributed by atoms with Crippen molar-refractivity contribution in [2.24, 2.45) is 0 Å². The molecule has 0 unspecified atom stereocenters. The van der Waals surface area contributed by atoms with Crippen LogP contribution in [-0.2, 0) is 0 Å². The first-order valence-electron chi connectivity index (χ1n) is 7.19. The maximum Gasteiger partial charge on any atom is 0.321 e. The monoisotopic (exact) mass is 290 g/mol. The quantitative estimate of drug-likeness (QED) is 0.829. The van der Waals surface area contributed by atoms with Crippen LogP contribution in [-0.4, -0.2) is 55.1 Å². The zero-order valence-corrected chi connectivity index (χ0v) is 12.6. The van der Waals surface area contributed by atoms with Gasteiger partial charge in [0, 0.05) is 38.9 Å². The van der Waals surface area contributed by atoms with Crippen LogP contribution in [0.15, 0.2) is 24.3 Å². The lowest BCUT2D eigenvalue weighted by atomic mass is 10.2. The van der Waals surface area contributed by atoms with E-state index in [1.54, 1.807) is 16.8 Å². The van der Waals surface area contributed by atoms with Gasteiger partial charge in [0.15, 0.2) is 0 Å². The molecule has 1 heterocycles. The second-order valence-electron chi connectivity index (χ2n) is 5.18. The molecule has 0 atom stereocenters. The standard InChI is InChI=1S/C15H22N4O2/c1-12-5-3-6-13(11-12)17-15(21)19-8-4-7-18(9-10-19)14(20)16-2/h3,5-6,11H,4,7-10H2,1-2H3,(H,16,20)(H,17,21). The highest BCUT2D eigenvalue weighted by Gasteiger charge is 2.21. The van der Waals surface area contributed by atoms with Gasteiger partial charge >= 0.3 is 12.1 Å². The number of carbonyl (C=O) groups excluding carboxylic acids is 2. The van der Waals surface area contributed by atoms with Crippen LogP contribution in [0.4, 0.5) is 15.3 Å². The first kappa shape index (κ1) is 15.2. The second-order valence-corrected chi connectivity index (χ2v) is 5.18. The van der Waals surface area contributed by atoms with Crippen LogP contribution in [0.25, 0.3) is 0 Å². The molecule has 1 saturated heterocycles. The van der Waals surface area contributed by atoms with Crippen molar-refractivity contribution in [1.82, 2.24) is 15.1 Å². The average Bonchev–Trinajstić information content (AvgIpc) is 2.72. The zero-order valence-electron chi connectivity index (χ0n) is 12.6. The van der Waals surface area contributed by atoms with Crippen molar-refractivity contribution < 1.29 is 9.59 Å². The summed E-state index contributed by atoms with van der Waals surface area (Å²) in [6.07, 6.45) is 0.786. The Morgan fingerprint density at radius 1 is 1.05 bits per heavy atom. The molecule has 6 heteroatoms. The van der Waals surface area contributed by atoms with Gasteiger partial charge in [0.05, 0.1) is 0 Å². The van der Waals surface area contributed by atoms with Gasteiger partial charge in [0.2, 0.25) is 0 Å². The number of hydrogen-bond acceptors (Lipinski definition) is 2. The van der Waals surface area contributed by atoms with Crippen LogP contribution < -0.4 is 10.6 Å². The predicted molar refractivity (Wildman–Crippen MR) is 82.4 cm³/mol. The van der Waals surface area contributed by atoms with Crippen LogP contribution >= 0.6 is 0 Å². The van der Waals surface area contributed by atoms with E-state index in [2.05, 4.69) is 10.6 Å². The minimum Gasteiger partial charge on any atom is -0.341 e. The molecule has 4 amide bonds. The zero-order chi connectivity index (χ0) is 15.2. The molecule has 1 aromatic rings. The maximum absolute atomic E-state index is 12.3. The van der Waals surface area contributed by atoms with Gasteiger partial charge in [-0.25, -0.2) is 9.59 Å². The lowest BCUT2D eigenvalue weighted by Crippen LogP contribution is -2.42. The molecule has 0 aromatic heterocycles. The molecular formula is C15H22N4O2. The Bertz CT molecular complexity index is 518. The molecule has 114 valence electrons. The number of rotatable bonds is 1. The molecule has 2 rings (SSSR count). The molecule has 6 nitrogen and oxygen atoms in total. The minimum absolute atomic E-state index is 0.0871. The molecule has 1 fully saturated rings. The number of amides is 4.